The Hall–Kier alpha value is -1.65. The van der Waals surface area contributed by atoms with Gasteiger partial charge in [0.25, 0.3) is 0 Å². The number of anilines is 1. The second-order valence-electron chi connectivity index (χ2n) is 4.41. The minimum absolute atomic E-state index is 0.628. The molecule has 0 spiro atoms. The number of aryl methyl sites for hydroxylation is 1. The molecule has 17 heavy (non-hydrogen) atoms. The van der Waals surface area contributed by atoms with Crippen LogP contribution in [0.5, 0.6) is 0 Å². The van der Waals surface area contributed by atoms with Crippen molar-refractivity contribution in [2.24, 2.45) is 0 Å². The first-order valence-corrected chi connectivity index (χ1v) is 6.00. The van der Waals surface area contributed by atoms with E-state index in [2.05, 4.69) is 15.3 Å². The summed E-state index contributed by atoms with van der Waals surface area (Å²) >= 11 is 0. The molecular formula is C12H17N3O2. The summed E-state index contributed by atoms with van der Waals surface area (Å²) in [5.74, 6) is -0.183. The number of hydrogen-bond acceptors (Lipinski definition) is 4. The van der Waals surface area contributed by atoms with Gasteiger partial charge in [-0.25, -0.2) is 9.97 Å². The number of aliphatic carboxylic acids is 1. The van der Waals surface area contributed by atoms with Crippen molar-refractivity contribution in [2.75, 3.05) is 5.32 Å². The first kappa shape index (κ1) is 11.8. The van der Waals surface area contributed by atoms with Crippen LogP contribution in [0.15, 0.2) is 6.33 Å². The molecule has 0 aliphatic heterocycles. The number of aromatic nitrogens is 2. The molecule has 0 saturated heterocycles. The van der Waals surface area contributed by atoms with Crippen LogP contribution in [-0.4, -0.2) is 27.1 Å². The van der Waals surface area contributed by atoms with Gasteiger partial charge in [0.15, 0.2) is 0 Å². The molecule has 1 aromatic rings. The maximum absolute atomic E-state index is 10.8. The Kier molecular flexibility index (Phi) is 3.56. The fraction of sp³-hybridized carbons (Fsp3) is 0.583. The number of rotatable bonds is 3. The summed E-state index contributed by atoms with van der Waals surface area (Å²) in [7, 11) is 0. The van der Waals surface area contributed by atoms with Crippen LogP contribution in [0.4, 0.5) is 5.82 Å². The highest BCUT2D eigenvalue weighted by Crippen LogP contribution is 2.24. The second kappa shape index (κ2) is 5.12. The van der Waals surface area contributed by atoms with Gasteiger partial charge in [-0.05, 0) is 32.6 Å². The third-order valence-corrected chi connectivity index (χ3v) is 3.10. The molecule has 0 aromatic carbocycles. The third-order valence-electron chi connectivity index (χ3n) is 3.10. The van der Waals surface area contributed by atoms with Gasteiger partial charge < -0.3 is 10.4 Å². The molecule has 0 radical (unpaired) electrons. The maximum Gasteiger partial charge on any atom is 0.325 e. The summed E-state index contributed by atoms with van der Waals surface area (Å²) in [6.07, 6.45) is 6.89. The lowest BCUT2D eigenvalue weighted by atomic mass is 10.1. The zero-order valence-electron chi connectivity index (χ0n) is 9.94. The number of fused-ring (bicyclic) bond motifs is 1. The van der Waals surface area contributed by atoms with Crippen molar-refractivity contribution in [1.29, 1.82) is 0 Å². The molecule has 2 rings (SSSR count). The van der Waals surface area contributed by atoms with E-state index in [-0.39, 0.29) is 0 Å². The second-order valence-corrected chi connectivity index (χ2v) is 4.41. The van der Waals surface area contributed by atoms with Crippen molar-refractivity contribution >= 4 is 11.8 Å². The van der Waals surface area contributed by atoms with E-state index in [4.69, 9.17) is 5.11 Å². The summed E-state index contributed by atoms with van der Waals surface area (Å²) < 4.78 is 0. The number of nitrogens with zero attached hydrogens (tertiary/aromatic N) is 2. The third kappa shape index (κ3) is 2.72. The van der Waals surface area contributed by atoms with Crippen LogP contribution >= 0.6 is 0 Å². The average Bonchev–Trinajstić information content (AvgIpc) is 2.54. The maximum atomic E-state index is 10.8. The molecule has 1 heterocycles. The van der Waals surface area contributed by atoms with Crippen LogP contribution in [-0.2, 0) is 17.6 Å². The van der Waals surface area contributed by atoms with Crippen LogP contribution in [0.2, 0.25) is 0 Å². The molecule has 1 unspecified atom stereocenters. The molecule has 5 heteroatoms. The van der Waals surface area contributed by atoms with Gasteiger partial charge in [-0.2, -0.15) is 0 Å². The number of carbonyl (C=O) groups is 1. The Bertz CT molecular complexity index is 420. The number of carboxylic acid groups (broad SMARTS) is 1. The van der Waals surface area contributed by atoms with Crippen LogP contribution in [0.1, 0.15) is 37.4 Å². The molecule has 1 aliphatic rings. The highest BCUT2D eigenvalue weighted by atomic mass is 16.4. The minimum atomic E-state index is -0.869. The lowest BCUT2D eigenvalue weighted by molar-refractivity contribution is -0.137. The fourth-order valence-electron chi connectivity index (χ4n) is 2.09. The van der Waals surface area contributed by atoms with E-state index in [9.17, 15) is 4.79 Å². The Morgan fingerprint density at radius 2 is 2.12 bits per heavy atom. The van der Waals surface area contributed by atoms with Gasteiger partial charge in [-0.15, -0.1) is 0 Å². The van der Waals surface area contributed by atoms with Gasteiger partial charge in [0.2, 0.25) is 0 Å². The largest absolute Gasteiger partial charge is 0.480 e. The molecule has 0 bridgehead atoms. The van der Waals surface area contributed by atoms with Gasteiger partial charge in [-0.3, -0.25) is 4.79 Å². The van der Waals surface area contributed by atoms with E-state index >= 15 is 0 Å². The van der Waals surface area contributed by atoms with Crippen LogP contribution in [0.25, 0.3) is 0 Å². The quantitative estimate of drug-likeness (QED) is 0.779. The SMILES string of the molecule is CC(Nc1ncnc2c1CCCCC2)C(=O)O. The Morgan fingerprint density at radius 1 is 1.35 bits per heavy atom. The molecule has 1 aromatic heterocycles. The molecular weight excluding hydrogens is 218 g/mol. The Balaban J connectivity index is 2.25. The summed E-state index contributed by atoms with van der Waals surface area (Å²) in [4.78, 5) is 19.3. The van der Waals surface area contributed by atoms with E-state index in [1.165, 1.54) is 12.7 Å². The van der Waals surface area contributed by atoms with Crippen LogP contribution in [0.3, 0.4) is 0 Å². The predicted molar refractivity (Wildman–Crippen MR) is 64.0 cm³/mol. The zero-order chi connectivity index (χ0) is 12.3. The average molecular weight is 235 g/mol. The van der Waals surface area contributed by atoms with Gasteiger partial charge in [0, 0.05) is 11.3 Å². The molecule has 1 atom stereocenters. The monoisotopic (exact) mass is 235 g/mol. The van der Waals surface area contributed by atoms with Crippen molar-refractivity contribution in [3.05, 3.63) is 17.6 Å². The molecule has 0 saturated carbocycles. The van der Waals surface area contributed by atoms with Gasteiger partial charge in [0.1, 0.15) is 18.2 Å². The molecule has 5 nitrogen and oxygen atoms in total. The van der Waals surface area contributed by atoms with E-state index in [0.29, 0.717) is 5.82 Å². The van der Waals surface area contributed by atoms with Gasteiger partial charge >= 0.3 is 5.97 Å². The molecule has 2 N–H and O–H groups in total. The van der Waals surface area contributed by atoms with Crippen LogP contribution < -0.4 is 5.32 Å². The summed E-state index contributed by atoms with van der Waals surface area (Å²) in [6.45, 7) is 1.62. The molecule has 0 amide bonds. The lowest BCUT2D eigenvalue weighted by Gasteiger charge is -2.14. The van der Waals surface area contributed by atoms with Crippen molar-refractivity contribution in [1.82, 2.24) is 9.97 Å². The lowest BCUT2D eigenvalue weighted by Crippen LogP contribution is -2.26. The zero-order valence-corrected chi connectivity index (χ0v) is 9.94. The normalized spacial score (nSPS) is 16.8. The number of hydrogen-bond donors (Lipinski definition) is 2. The molecule has 1 aliphatic carbocycles. The first-order chi connectivity index (χ1) is 8.18. The van der Waals surface area contributed by atoms with Crippen molar-refractivity contribution in [3.8, 4) is 0 Å². The topological polar surface area (TPSA) is 75.1 Å². The highest BCUT2D eigenvalue weighted by molar-refractivity contribution is 5.76. The van der Waals surface area contributed by atoms with E-state index in [1.807, 2.05) is 0 Å². The van der Waals surface area contributed by atoms with Gasteiger partial charge in [0.05, 0.1) is 0 Å². The van der Waals surface area contributed by atoms with E-state index in [0.717, 1.165) is 36.9 Å². The smallest absolute Gasteiger partial charge is 0.325 e. The summed E-state index contributed by atoms with van der Waals surface area (Å²) in [6, 6.07) is -0.628. The Morgan fingerprint density at radius 3 is 2.88 bits per heavy atom. The highest BCUT2D eigenvalue weighted by Gasteiger charge is 2.17. The fourth-order valence-corrected chi connectivity index (χ4v) is 2.09. The van der Waals surface area contributed by atoms with Gasteiger partial charge in [-0.1, -0.05) is 6.42 Å². The van der Waals surface area contributed by atoms with E-state index in [1.54, 1.807) is 6.92 Å². The number of carboxylic acids is 1. The predicted octanol–water partition coefficient (Wildman–Crippen LogP) is 1.63. The van der Waals surface area contributed by atoms with Crippen molar-refractivity contribution < 1.29 is 9.90 Å². The van der Waals surface area contributed by atoms with E-state index < -0.39 is 12.0 Å². The Labute approximate surface area is 100 Å². The van der Waals surface area contributed by atoms with Crippen LogP contribution in [0, 0.1) is 0 Å². The number of nitrogens with one attached hydrogen (secondary N) is 1. The summed E-state index contributed by atoms with van der Waals surface area (Å²) in [5, 5.41) is 11.8. The van der Waals surface area contributed by atoms with Crippen molar-refractivity contribution in [2.45, 2.75) is 45.1 Å². The summed E-state index contributed by atoms with van der Waals surface area (Å²) in [5.41, 5.74) is 2.16. The first-order valence-electron chi connectivity index (χ1n) is 6.00. The molecule has 92 valence electrons. The standard InChI is InChI=1S/C12H17N3O2/c1-8(12(16)17)15-11-9-5-3-2-4-6-10(9)13-7-14-11/h7-8H,2-6H2,1H3,(H,16,17)(H,13,14,15). The van der Waals surface area contributed by atoms with Crippen molar-refractivity contribution in [3.63, 3.8) is 0 Å². The minimum Gasteiger partial charge on any atom is -0.480 e. The molecule has 0 fully saturated rings.